The van der Waals surface area contributed by atoms with Crippen molar-refractivity contribution in [1.82, 2.24) is 10.2 Å². The van der Waals surface area contributed by atoms with Crippen molar-refractivity contribution in [3.05, 3.63) is 35.9 Å². The van der Waals surface area contributed by atoms with E-state index in [-0.39, 0.29) is 18.0 Å². The van der Waals surface area contributed by atoms with E-state index in [2.05, 4.69) is 22.3 Å². The van der Waals surface area contributed by atoms with Crippen LogP contribution in [-0.2, 0) is 4.79 Å². The van der Waals surface area contributed by atoms with E-state index < -0.39 is 0 Å². The molecule has 3 unspecified atom stereocenters. The Labute approximate surface area is 134 Å². The third-order valence-corrected chi connectivity index (χ3v) is 4.50. The van der Waals surface area contributed by atoms with Crippen molar-refractivity contribution in [1.29, 1.82) is 0 Å². The maximum absolute atomic E-state index is 12.4. The Morgan fingerprint density at radius 1 is 1.27 bits per heavy atom. The summed E-state index contributed by atoms with van der Waals surface area (Å²) >= 11 is 0. The van der Waals surface area contributed by atoms with Gasteiger partial charge >= 0.3 is 0 Å². The molecule has 0 spiro atoms. The number of nitrogens with zero attached hydrogens (tertiary/aromatic N) is 1. The molecule has 1 aromatic carbocycles. The number of carbonyl (C=O) groups excluding carboxylic acids is 1. The summed E-state index contributed by atoms with van der Waals surface area (Å²) < 4.78 is 0. The van der Waals surface area contributed by atoms with Gasteiger partial charge in [0.15, 0.2) is 0 Å². The molecular formula is C18H29N3O. The molecule has 1 saturated carbocycles. The van der Waals surface area contributed by atoms with Crippen molar-refractivity contribution < 1.29 is 4.79 Å². The Kier molecular flexibility index (Phi) is 6.40. The van der Waals surface area contributed by atoms with E-state index in [4.69, 9.17) is 5.73 Å². The summed E-state index contributed by atoms with van der Waals surface area (Å²) in [5.74, 6) is 0.461. The van der Waals surface area contributed by atoms with Crippen molar-refractivity contribution in [2.75, 3.05) is 20.6 Å². The average molecular weight is 303 g/mol. The quantitative estimate of drug-likeness (QED) is 0.848. The molecule has 0 heterocycles. The zero-order valence-electron chi connectivity index (χ0n) is 13.8. The Balaban J connectivity index is 1.96. The second kappa shape index (κ2) is 8.30. The molecule has 1 fully saturated rings. The first kappa shape index (κ1) is 17.0. The van der Waals surface area contributed by atoms with Crippen molar-refractivity contribution in [3.8, 4) is 0 Å². The first-order chi connectivity index (χ1) is 10.6. The first-order valence-electron chi connectivity index (χ1n) is 8.31. The van der Waals surface area contributed by atoms with Crippen LogP contribution in [0.4, 0.5) is 0 Å². The van der Waals surface area contributed by atoms with E-state index >= 15 is 0 Å². The van der Waals surface area contributed by atoms with E-state index in [1.807, 2.05) is 32.3 Å². The first-order valence-corrected chi connectivity index (χ1v) is 8.31. The lowest BCUT2D eigenvalue weighted by molar-refractivity contribution is -0.123. The van der Waals surface area contributed by atoms with Crippen LogP contribution in [0.2, 0.25) is 0 Å². The van der Waals surface area contributed by atoms with E-state index in [1.54, 1.807) is 0 Å². The second-order valence-corrected chi connectivity index (χ2v) is 6.71. The highest BCUT2D eigenvalue weighted by atomic mass is 16.1. The van der Waals surface area contributed by atoms with E-state index in [0.29, 0.717) is 12.3 Å². The number of hydrogen-bond acceptors (Lipinski definition) is 3. The molecule has 1 aliphatic carbocycles. The number of hydrogen-bond donors (Lipinski definition) is 2. The van der Waals surface area contributed by atoms with Gasteiger partial charge in [0.25, 0.3) is 0 Å². The Bertz CT molecular complexity index is 461. The van der Waals surface area contributed by atoms with E-state index in [9.17, 15) is 4.79 Å². The highest BCUT2D eigenvalue weighted by molar-refractivity contribution is 5.76. The van der Waals surface area contributed by atoms with Crippen molar-refractivity contribution in [2.45, 2.75) is 44.2 Å². The SMILES string of the molecule is CN(C)CC(NC(=O)CC1CCCCC1N)c1ccccc1. The normalized spacial score (nSPS) is 23.3. The van der Waals surface area contributed by atoms with E-state index in [1.165, 1.54) is 12.8 Å². The number of benzene rings is 1. The summed E-state index contributed by atoms with van der Waals surface area (Å²) in [6.07, 6.45) is 5.09. The number of likely N-dealkylation sites (N-methyl/N-ethyl adjacent to an activating group) is 1. The molecule has 1 aromatic rings. The van der Waals surface area contributed by atoms with Gasteiger partial charge in [0.05, 0.1) is 6.04 Å². The molecule has 0 aliphatic heterocycles. The van der Waals surface area contributed by atoms with Crippen LogP contribution in [-0.4, -0.2) is 37.5 Å². The zero-order chi connectivity index (χ0) is 15.9. The van der Waals surface area contributed by atoms with Gasteiger partial charge in [-0.05, 0) is 38.4 Å². The Morgan fingerprint density at radius 2 is 1.95 bits per heavy atom. The largest absolute Gasteiger partial charge is 0.348 e. The minimum absolute atomic E-state index is 0.0310. The van der Waals surface area contributed by atoms with Gasteiger partial charge < -0.3 is 16.0 Å². The number of carbonyl (C=O) groups is 1. The molecule has 4 nitrogen and oxygen atoms in total. The van der Waals surface area contributed by atoms with Gasteiger partial charge in [-0.1, -0.05) is 43.2 Å². The summed E-state index contributed by atoms with van der Waals surface area (Å²) in [4.78, 5) is 14.5. The minimum Gasteiger partial charge on any atom is -0.348 e. The van der Waals surface area contributed by atoms with Gasteiger partial charge in [-0.3, -0.25) is 4.79 Å². The molecule has 1 aliphatic rings. The third kappa shape index (κ3) is 5.11. The van der Waals surface area contributed by atoms with Gasteiger partial charge in [-0.15, -0.1) is 0 Å². The van der Waals surface area contributed by atoms with Crippen LogP contribution < -0.4 is 11.1 Å². The molecule has 4 heteroatoms. The summed E-state index contributed by atoms with van der Waals surface area (Å²) in [7, 11) is 4.05. The molecule has 3 atom stereocenters. The Hall–Kier alpha value is -1.39. The predicted molar refractivity (Wildman–Crippen MR) is 90.4 cm³/mol. The smallest absolute Gasteiger partial charge is 0.220 e. The molecule has 0 bridgehead atoms. The fraction of sp³-hybridized carbons (Fsp3) is 0.611. The topological polar surface area (TPSA) is 58.4 Å². The van der Waals surface area contributed by atoms with Gasteiger partial charge in [0.1, 0.15) is 0 Å². The highest BCUT2D eigenvalue weighted by Crippen LogP contribution is 2.26. The van der Waals surface area contributed by atoms with Crippen LogP contribution >= 0.6 is 0 Å². The van der Waals surface area contributed by atoms with Gasteiger partial charge in [-0.25, -0.2) is 0 Å². The molecule has 22 heavy (non-hydrogen) atoms. The van der Waals surface area contributed by atoms with Crippen LogP contribution in [0.3, 0.4) is 0 Å². The van der Waals surface area contributed by atoms with Crippen molar-refractivity contribution in [2.24, 2.45) is 11.7 Å². The predicted octanol–water partition coefficient (Wildman–Crippen LogP) is 2.31. The standard InChI is InChI=1S/C18H29N3O/c1-21(2)13-17(14-8-4-3-5-9-14)20-18(22)12-15-10-6-7-11-16(15)19/h3-5,8-9,15-17H,6-7,10-13,19H2,1-2H3,(H,20,22). The molecule has 0 saturated heterocycles. The monoisotopic (exact) mass is 303 g/mol. The molecule has 2 rings (SSSR count). The summed E-state index contributed by atoms with van der Waals surface area (Å²) in [5, 5.41) is 3.20. The Morgan fingerprint density at radius 3 is 2.59 bits per heavy atom. The van der Waals surface area contributed by atoms with Crippen molar-refractivity contribution in [3.63, 3.8) is 0 Å². The molecule has 122 valence electrons. The van der Waals surface area contributed by atoms with Gasteiger partial charge in [-0.2, -0.15) is 0 Å². The minimum atomic E-state index is 0.0310. The van der Waals surface area contributed by atoms with Crippen LogP contribution in [0.25, 0.3) is 0 Å². The maximum Gasteiger partial charge on any atom is 0.220 e. The van der Waals surface area contributed by atoms with E-state index in [0.717, 1.165) is 24.9 Å². The lowest BCUT2D eigenvalue weighted by atomic mass is 9.83. The third-order valence-electron chi connectivity index (χ3n) is 4.50. The zero-order valence-corrected chi connectivity index (χ0v) is 13.8. The van der Waals surface area contributed by atoms with Gasteiger partial charge in [0, 0.05) is 19.0 Å². The fourth-order valence-corrected chi connectivity index (χ4v) is 3.27. The lowest BCUT2D eigenvalue weighted by Crippen LogP contribution is -2.40. The summed E-state index contributed by atoms with van der Waals surface area (Å²) in [5.41, 5.74) is 7.31. The maximum atomic E-state index is 12.4. The summed E-state index contributed by atoms with van der Waals surface area (Å²) in [6.45, 7) is 0.798. The number of nitrogens with two attached hydrogens (primary N) is 1. The van der Waals surface area contributed by atoms with Crippen molar-refractivity contribution >= 4 is 5.91 Å². The lowest BCUT2D eigenvalue weighted by Gasteiger charge is -2.29. The summed E-state index contributed by atoms with van der Waals surface area (Å²) in [6, 6.07) is 10.4. The van der Waals surface area contributed by atoms with Crippen LogP contribution in [0.1, 0.15) is 43.7 Å². The number of nitrogens with one attached hydrogen (secondary N) is 1. The van der Waals surface area contributed by atoms with Crippen LogP contribution in [0, 0.1) is 5.92 Å². The molecule has 3 N–H and O–H groups in total. The van der Waals surface area contributed by atoms with Crippen LogP contribution in [0.5, 0.6) is 0 Å². The number of rotatable bonds is 6. The molecule has 0 radical (unpaired) electrons. The molecule has 1 amide bonds. The molecule has 0 aromatic heterocycles. The van der Waals surface area contributed by atoms with Gasteiger partial charge in [0.2, 0.25) is 5.91 Å². The second-order valence-electron chi connectivity index (χ2n) is 6.71. The number of amides is 1. The molecular weight excluding hydrogens is 274 g/mol. The average Bonchev–Trinajstić information content (AvgIpc) is 2.49. The van der Waals surface area contributed by atoms with Crippen LogP contribution in [0.15, 0.2) is 30.3 Å². The fourth-order valence-electron chi connectivity index (χ4n) is 3.27. The highest BCUT2D eigenvalue weighted by Gasteiger charge is 2.25.